The van der Waals surface area contributed by atoms with Crippen LogP contribution >= 0.6 is 27.7 Å². The van der Waals surface area contributed by atoms with Gasteiger partial charge in [0.25, 0.3) is 0 Å². The minimum absolute atomic E-state index is 0.387. The molecule has 0 bridgehead atoms. The number of halogens is 1. The van der Waals surface area contributed by atoms with Crippen molar-refractivity contribution in [3.8, 4) is 0 Å². The molecule has 0 heterocycles. The Kier molecular flexibility index (Phi) is 4.34. The first-order valence-corrected chi connectivity index (χ1v) is 7.48. The number of hydrogen-bond acceptors (Lipinski definition) is 2. The smallest absolute Gasteiger partial charge is 0.0762 e. The van der Waals surface area contributed by atoms with Gasteiger partial charge in [-0.15, -0.1) is 11.8 Å². The van der Waals surface area contributed by atoms with Crippen molar-refractivity contribution in [2.24, 2.45) is 0 Å². The summed E-state index contributed by atoms with van der Waals surface area (Å²) in [5, 5.41) is 10.3. The Labute approximate surface area is 110 Å². The molecule has 88 valence electrons. The Bertz CT molecular complexity index is 359. The molecule has 1 nitrogen and oxygen atoms in total. The molecule has 1 aliphatic carbocycles. The van der Waals surface area contributed by atoms with Crippen LogP contribution in [0.25, 0.3) is 0 Å². The average molecular weight is 301 g/mol. The van der Waals surface area contributed by atoms with Crippen LogP contribution in [0.4, 0.5) is 0 Å². The minimum atomic E-state index is -0.387. The second kappa shape index (κ2) is 5.56. The molecule has 1 aromatic rings. The van der Waals surface area contributed by atoms with Gasteiger partial charge in [0, 0.05) is 14.6 Å². The van der Waals surface area contributed by atoms with E-state index in [9.17, 15) is 5.11 Å². The summed E-state index contributed by atoms with van der Waals surface area (Å²) in [6, 6.07) is 6.17. The molecule has 1 N–H and O–H groups in total. The van der Waals surface area contributed by atoms with E-state index in [0.717, 1.165) is 15.3 Å². The Hall–Kier alpha value is 0.01000. The molecule has 1 aliphatic rings. The summed E-state index contributed by atoms with van der Waals surface area (Å²) >= 11 is 5.56. The van der Waals surface area contributed by atoms with Crippen molar-refractivity contribution >= 4 is 27.7 Å². The lowest BCUT2D eigenvalue weighted by molar-refractivity contribution is 0.199. The highest BCUT2D eigenvalue weighted by atomic mass is 79.9. The average Bonchev–Trinajstić information content (AvgIpc) is 2.73. The number of hydrogen-bond donors (Lipinski definition) is 1. The zero-order valence-corrected chi connectivity index (χ0v) is 11.9. The second-order valence-corrected chi connectivity index (χ2v) is 6.59. The van der Waals surface area contributed by atoms with Crippen LogP contribution in [-0.2, 0) is 0 Å². The van der Waals surface area contributed by atoms with Crippen molar-refractivity contribution in [3.63, 3.8) is 0 Å². The monoisotopic (exact) mass is 300 g/mol. The summed E-state index contributed by atoms with van der Waals surface area (Å²) in [5.41, 5.74) is 0.975. The summed E-state index contributed by atoms with van der Waals surface area (Å²) < 4.78 is 1.11. The topological polar surface area (TPSA) is 20.2 Å². The van der Waals surface area contributed by atoms with Crippen LogP contribution in [0.2, 0.25) is 0 Å². The van der Waals surface area contributed by atoms with Crippen molar-refractivity contribution in [1.82, 2.24) is 0 Å². The molecule has 0 aliphatic heterocycles. The van der Waals surface area contributed by atoms with Crippen molar-refractivity contribution < 1.29 is 5.11 Å². The van der Waals surface area contributed by atoms with Gasteiger partial charge in [0.1, 0.15) is 0 Å². The minimum Gasteiger partial charge on any atom is -0.389 e. The van der Waals surface area contributed by atoms with Crippen molar-refractivity contribution in [2.75, 3.05) is 0 Å². The van der Waals surface area contributed by atoms with Crippen LogP contribution in [-0.4, -0.2) is 10.4 Å². The first-order valence-electron chi connectivity index (χ1n) is 5.81. The normalized spacial score (nSPS) is 18.9. The zero-order valence-electron chi connectivity index (χ0n) is 9.45. The highest BCUT2D eigenvalue weighted by Crippen LogP contribution is 2.38. The van der Waals surface area contributed by atoms with Crippen LogP contribution < -0.4 is 0 Å². The fourth-order valence-corrected chi connectivity index (χ4v) is 3.98. The molecular formula is C13H17BrOS. The van der Waals surface area contributed by atoms with Gasteiger partial charge in [0.15, 0.2) is 0 Å². The van der Waals surface area contributed by atoms with Crippen LogP contribution in [0.3, 0.4) is 0 Å². The van der Waals surface area contributed by atoms with E-state index in [-0.39, 0.29) is 6.10 Å². The zero-order chi connectivity index (χ0) is 11.5. The van der Waals surface area contributed by atoms with E-state index >= 15 is 0 Å². The van der Waals surface area contributed by atoms with Gasteiger partial charge in [-0.05, 0) is 53.4 Å². The van der Waals surface area contributed by atoms with Gasteiger partial charge < -0.3 is 5.11 Å². The lowest BCUT2D eigenvalue weighted by atomic mass is 10.1. The van der Waals surface area contributed by atoms with Gasteiger partial charge in [0.05, 0.1) is 6.10 Å². The third-order valence-electron chi connectivity index (χ3n) is 3.03. The maximum absolute atomic E-state index is 9.50. The van der Waals surface area contributed by atoms with Crippen molar-refractivity contribution in [2.45, 2.75) is 48.9 Å². The predicted octanol–water partition coefficient (Wildman–Crippen LogP) is 4.54. The molecule has 0 amide bonds. The van der Waals surface area contributed by atoms with Gasteiger partial charge >= 0.3 is 0 Å². The van der Waals surface area contributed by atoms with Crippen LogP contribution in [0.15, 0.2) is 27.6 Å². The number of thioether (sulfide) groups is 1. The maximum atomic E-state index is 9.50. The molecule has 0 aromatic heterocycles. The molecule has 0 saturated heterocycles. The largest absolute Gasteiger partial charge is 0.389 e. The van der Waals surface area contributed by atoms with Gasteiger partial charge in [-0.1, -0.05) is 18.9 Å². The predicted molar refractivity (Wildman–Crippen MR) is 72.9 cm³/mol. The van der Waals surface area contributed by atoms with E-state index in [1.165, 1.54) is 30.6 Å². The molecule has 16 heavy (non-hydrogen) atoms. The van der Waals surface area contributed by atoms with E-state index in [1.54, 1.807) is 6.92 Å². The Morgan fingerprint density at radius 1 is 1.38 bits per heavy atom. The summed E-state index contributed by atoms with van der Waals surface area (Å²) in [5.74, 6) is 0. The molecule has 3 heteroatoms. The molecule has 1 saturated carbocycles. The second-order valence-electron chi connectivity index (χ2n) is 4.39. The summed E-state index contributed by atoms with van der Waals surface area (Å²) in [4.78, 5) is 1.30. The Balaban J connectivity index is 2.09. The number of aliphatic hydroxyl groups is 1. The third kappa shape index (κ3) is 3.02. The van der Waals surface area contributed by atoms with Crippen LogP contribution in [0.5, 0.6) is 0 Å². The number of aliphatic hydroxyl groups excluding tert-OH is 1. The molecule has 1 atom stereocenters. The fraction of sp³-hybridized carbons (Fsp3) is 0.538. The SMILES string of the molecule is C[C@H](O)c1ccc(SC2CCCC2)c(Br)c1. The molecular weight excluding hydrogens is 284 g/mol. The highest BCUT2D eigenvalue weighted by Gasteiger charge is 2.17. The quantitative estimate of drug-likeness (QED) is 0.884. The third-order valence-corrected chi connectivity index (χ3v) is 5.37. The van der Waals surface area contributed by atoms with Gasteiger partial charge in [-0.2, -0.15) is 0 Å². The molecule has 1 aromatic carbocycles. The Morgan fingerprint density at radius 3 is 2.62 bits per heavy atom. The van der Waals surface area contributed by atoms with Gasteiger partial charge in [-0.3, -0.25) is 0 Å². The molecule has 0 spiro atoms. The highest BCUT2D eigenvalue weighted by molar-refractivity contribution is 9.10. The fourth-order valence-electron chi connectivity index (χ4n) is 2.06. The standard InChI is InChI=1S/C13H17BrOS/c1-9(15)10-6-7-13(12(14)8-10)16-11-4-2-3-5-11/h6-9,11,15H,2-5H2,1H3/t9-/m0/s1. The van der Waals surface area contributed by atoms with Crippen LogP contribution in [0, 0.1) is 0 Å². The van der Waals surface area contributed by atoms with E-state index in [2.05, 4.69) is 22.0 Å². The van der Waals surface area contributed by atoms with E-state index in [0.29, 0.717) is 0 Å². The van der Waals surface area contributed by atoms with Crippen LogP contribution in [0.1, 0.15) is 44.3 Å². The number of benzene rings is 1. The first kappa shape index (κ1) is 12.5. The first-order chi connectivity index (χ1) is 7.66. The van der Waals surface area contributed by atoms with Gasteiger partial charge in [-0.25, -0.2) is 0 Å². The number of rotatable bonds is 3. The lowest BCUT2D eigenvalue weighted by Crippen LogP contribution is -1.95. The molecule has 0 unspecified atom stereocenters. The summed E-state index contributed by atoms with van der Waals surface area (Å²) in [7, 11) is 0. The molecule has 1 fully saturated rings. The lowest BCUT2D eigenvalue weighted by Gasteiger charge is -2.12. The van der Waals surface area contributed by atoms with Crippen molar-refractivity contribution in [3.05, 3.63) is 28.2 Å². The van der Waals surface area contributed by atoms with Crippen molar-refractivity contribution in [1.29, 1.82) is 0 Å². The van der Waals surface area contributed by atoms with Gasteiger partial charge in [0.2, 0.25) is 0 Å². The molecule has 0 radical (unpaired) electrons. The maximum Gasteiger partial charge on any atom is 0.0762 e. The van der Waals surface area contributed by atoms with E-state index in [1.807, 2.05) is 23.9 Å². The Morgan fingerprint density at radius 2 is 2.06 bits per heavy atom. The summed E-state index contributed by atoms with van der Waals surface area (Å²) in [6.45, 7) is 1.80. The molecule has 2 rings (SSSR count). The van der Waals surface area contributed by atoms with E-state index < -0.39 is 0 Å². The van der Waals surface area contributed by atoms with E-state index in [4.69, 9.17) is 0 Å². The summed E-state index contributed by atoms with van der Waals surface area (Å²) in [6.07, 6.45) is 5.05.